The van der Waals surface area contributed by atoms with Crippen LogP contribution in [0.5, 0.6) is 5.75 Å². The minimum absolute atomic E-state index is 0.0555. The van der Waals surface area contributed by atoms with Crippen LogP contribution >= 0.6 is 23.2 Å². The maximum absolute atomic E-state index is 13.2. The third kappa shape index (κ3) is 5.98. The summed E-state index contributed by atoms with van der Waals surface area (Å²) < 4.78 is 17.5. The van der Waals surface area contributed by atoms with Gasteiger partial charge in [-0.3, -0.25) is 9.59 Å². The molecule has 0 N–H and O–H groups in total. The van der Waals surface area contributed by atoms with E-state index in [0.29, 0.717) is 54.2 Å². The highest BCUT2D eigenvalue weighted by atomic mass is 35.5. The number of halogens is 2. The van der Waals surface area contributed by atoms with Gasteiger partial charge in [0.15, 0.2) is 0 Å². The third-order valence-corrected chi connectivity index (χ3v) is 6.34. The van der Waals surface area contributed by atoms with Crippen molar-refractivity contribution in [3.63, 3.8) is 0 Å². The Kier molecular flexibility index (Phi) is 7.75. The average Bonchev–Trinajstić information content (AvgIpc) is 2.83. The number of morpholine rings is 2. The van der Waals surface area contributed by atoms with Crippen LogP contribution in [0.25, 0.3) is 0 Å². The summed E-state index contributed by atoms with van der Waals surface area (Å²) in [4.78, 5) is 29.8. The van der Waals surface area contributed by atoms with Crippen LogP contribution in [0.2, 0.25) is 10.0 Å². The topological polar surface area (TPSA) is 68.3 Å². The molecule has 1 atom stereocenters. The second-order valence-corrected chi connectivity index (χ2v) is 9.00. The Balaban J connectivity index is 1.54. The van der Waals surface area contributed by atoms with Crippen molar-refractivity contribution in [2.45, 2.75) is 12.0 Å². The second kappa shape index (κ2) is 10.7. The molecule has 7 nitrogen and oxygen atoms in total. The van der Waals surface area contributed by atoms with E-state index < -0.39 is 5.60 Å². The summed E-state index contributed by atoms with van der Waals surface area (Å²) in [5, 5.41) is 0.935. The van der Waals surface area contributed by atoms with Gasteiger partial charge in [-0.15, -0.1) is 0 Å². The van der Waals surface area contributed by atoms with Gasteiger partial charge in [0, 0.05) is 24.7 Å². The molecule has 2 amide bonds. The van der Waals surface area contributed by atoms with Gasteiger partial charge >= 0.3 is 0 Å². The zero-order valence-electron chi connectivity index (χ0n) is 18.2. The maximum atomic E-state index is 13.2. The minimum Gasteiger partial charge on any atom is -0.490 e. The average molecular weight is 493 g/mol. The fourth-order valence-electron chi connectivity index (χ4n) is 4.04. The lowest BCUT2D eigenvalue weighted by Crippen LogP contribution is -2.58. The van der Waals surface area contributed by atoms with E-state index in [9.17, 15) is 9.59 Å². The van der Waals surface area contributed by atoms with Crippen molar-refractivity contribution in [1.29, 1.82) is 0 Å². The molecule has 0 saturated carbocycles. The van der Waals surface area contributed by atoms with Crippen LogP contribution in [0.4, 0.5) is 0 Å². The molecule has 33 heavy (non-hydrogen) atoms. The molecular weight excluding hydrogens is 467 g/mol. The van der Waals surface area contributed by atoms with Gasteiger partial charge in [0.2, 0.25) is 5.91 Å². The summed E-state index contributed by atoms with van der Waals surface area (Å²) in [6.45, 7) is 3.06. The molecule has 2 aliphatic rings. The number of ether oxygens (including phenoxy) is 3. The Morgan fingerprint density at radius 3 is 2.48 bits per heavy atom. The Morgan fingerprint density at radius 2 is 1.73 bits per heavy atom. The first kappa shape index (κ1) is 23.8. The molecule has 0 aromatic heterocycles. The zero-order chi connectivity index (χ0) is 23.3. The van der Waals surface area contributed by atoms with E-state index in [4.69, 9.17) is 37.4 Å². The molecule has 0 radical (unpaired) electrons. The standard InChI is InChI=1S/C24H26Cl2N2O5/c25-18-4-3-5-19(14-18)32-17-24(15-22(29)27-8-11-31-12-9-27)16-28(10-13-33-24)23(30)20-6-1-2-7-21(20)26/h1-7,14H,8-13,15-17H2/t24-/m1/s1. The number of rotatable bonds is 6. The number of benzene rings is 2. The van der Waals surface area contributed by atoms with Crippen molar-refractivity contribution in [3.05, 3.63) is 64.1 Å². The zero-order valence-corrected chi connectivity index (χ0v) is 19.7. The molecule has 0 unspecified atom stereocenters. The lowest BCUT2D eigenvalue weighted by atomic mass is 9.96. The first-order valence-corrected chi connectivity index (χ1v) is 11.6. The van der Waals surface area contributed by atoms with E-state index in [-0.39, 0.29) is 38.0 Å². The molecule has 4 rings (SSSR count). The lowest BCUT2D eigenvalue weighted by Gasteiger charge is -2.43. The van der Waals surface area contributed by atoms with Gasteiger partial charge < -0.3 is 24.0 Å². The van der Waals surface area contributed by atoms with E-state index in [1.54, 1.807) is 58.3 Å². The summed E-state index contributed by atoms with van der Waals surface area (Å²) in [6.07, 6.45) is 0.0832. The van der Waals surface area contributed by atoms with Crippen molar-refractivity contribution in [2.75, 3.05) is 52.6 Å². The molecule has 0 bridgehead atoms. The Bertz CT molecular complexity index is 998. The fraction of sp³-hybridized carbons (Fsp3) is 0.417. The minimum atomic E-state index is -1.01. The van der Waals surface area contributed by atoms with E-state index in [0.717, 1.165) is 0 Å². The number of amides is 2. The summed E-state index contributed by atoms with van der Waals surface area (Å²) in [7, 11) is 0. The second-order valence-electron chi connectivity index (χ2n) is 8.15. The highest BCUT2D eigenvalue weighted by Gasteiger charge is 2.42. The molecule has 2 aromatic rings. The van der Waals surface area contributed by atoms with Gasteiger partial charge in [0.05, 0.1) is 43.4 Å². The van der Waals surface area contributed by atoms with E-state index in [2.05, 4.69) is 0 Å². The van der Waals surface area contributed by atoms with Crippen molar-refractivity contribution in [3.8, 4) is 5.75 Å². The van der Waals surface area contributed by atoms with Crippen LogP contribution in [-0.2, 0) is 14.3 Å². The molecular formula is C24H26Cl2N2O5. The number of hydrogen-bond acceptors (Lipinski definition) is 5. The third-order valence-electron chi connectivity index (χ3n) is 5.78. The fourth-order valence-corrected chi connectivity index (χ4v) is 4.44. The quantitative estimate of drug-likeness (QED) is 0.616. The molecule has 2 heterocycles. The van der Waals surface area contributed by atoms with Gasteiger partial charge in [-0.2, -0.15) is 0 Å². The molecule has 176 valence electrons. The molecule has 2 aromatic carbocycles. The highest BCUT2D eigenvalue weighted by molar-refractivity contribution is 6.33. The first-order chi connectivity index (χ1) is 16.0. The number of carbonyl (C=O) groups excluding carboxylic acids is 2. The van der Waals surface area contributed by atoms with Crippen LogP contribution in [-0.4, -0.2) is 79.8 Å². The summed E-state index contributed by atoms with van der Waals surface area (Å²) in [5.41, 5.74) is -0.586. The van der Waals surface area contributed by atoms with Crippen LogP contribution in [0.15, 0.2) is 48.5 Å². The van der Waals surface area contributed by atoms with E-state index >= 15 is 0 Å². The molecule has 2 fully saturated rings. The summed E-state index contributed by atoms with van der Waals surface area (Å²) in [5.74, 6) is 0.314. The maximum Gasteiger partial charge on any atom is 0.255 e. The molecule has 9 heteroatoms. The highest BCUT2D eigenvalue weighted by Crippen LogP contribution is 2.28. The summed E-state index contributed by atoms with van der Waals surface area (Å²) >= 11 is 12.3. The van der Waals surface area contributed by atoms with Crippen molar-refractivity contribution >= 4 is 35.0 Å². The van der Waals surface area contributed by atoms with Crippen LogP contribution in [0.3, 0.4) is 0 Å². The Hall–Kier alpha value is -2.32. The Morgan fingerprint density at radius 1 is 0.970 bits per heavy atom. The number of hydrogen-bond donors (Lipinski definition) is 0. The number of carbonyl (C=O) groups is 2. The predicted octanol–water partition coefficient (Wildman–Crippen LogP) is 3.53. The van der Waals surface area contributed by atoms with Crippen LogP contribution in [0, 0.1) is 0 Å². The van der Waals surface area contributed by atoms with Gasteiger partial charge in [-0.05, 0) is 30.3 Å². The smallest absolute Gasteiger partial charge is 0.255 e. The predicted molar refractivity (Wildman–Crippen MR) is 125 cm³/mol. The molecule has 0 aliphatic carbocycles. The molecule has 2 aliphatic heterocycles. The number of nitrogens with zero attached hydrogens (tertiary/aromatic N) is 2. The first-order valence-electron chi connectivity index (χ1n) is 10.9. The van der Waals surface area contributed by atoms with Crippen molar-refractivity contribution < 1.29 is 23.8 Å². The largest absolute Gasteiger partial charge is 0.490 e. The van der Waals surface area contributed by atoms with Crippen LogP contribution in [0.1, 0.15) is 16.8 Å². The summed E-state index contributed by atoms with van der Waals surface area (Å²) in [6, 6.07) is 14.0. The Labute approximate surface area is 203 Å². The van der Waals surface area contributed by atoms with Crippen molar-refractivity contribution in [2.24, 2.45) is 0 Å². The lowest BCUT2D eigenvalue weighted by molar-refractivity contribution is -0.155. The molecule has 0 spiro atoms. The van der Waals surface area contributed by atoms with Gasteiger partial charge in [0.25, 0.3) is 5.91 Å². The SMILES string of the molecule is O=C(C[C@]1(COc2cccc(Cl)c2)CN(C(=O)c2ccccc2Cl)CCO1)N1CCOCC1. The molecule has 2 saturated heterocycles. The van der Waals surface area contributed by atoms with Gasteiger partial charge in [-0.1, -0.05) is 41.4 Å². The van der Waals surface area contributed by atoms with Crippen LogP contribution < -0.4 is 4.74 Å². The van der Waals surface area contributed by atoms with Crippen molar-refractivity contribution in [1.82, 2.24) is 9.80 Å². The van der Waals surface area contributed by atoms with Gasteiger partial charge in [0.1, 0.15) is 18.0 Å². The monoisotopic (exact) mass is 492 g/mol. The van der Waals surface area contributed by atoms with Gasteiger partial charge in [-0.25, -0.2) is 0 Å². The van der Waals surface area contributed by atoms with E-state index in [1.807, 2.05) is 0 Å². The van der Waals surface area contributed by atoms with E-state index in [1.165, 1.54) is 0 Å². The normalized spacial score (nSPS) is 21.0.